The van der Waals surface area contributed by atoms with E-state index in [0.29, 0.717) is 6.20 Å². The Bertz CT molecular complexity index is 902. The summed E-state index contributed by atoms with van der Waals surface area (Å²) >= 11 is 0. The monoisotopic (exact) mass is 403 g/mol. The smallest absolute Gasteiger partial charge is 0.417 e. The van der Waals surface area contributed by atoms with Crippen molar-refractivity contribution in [1.82, 2.24) is 4.98 Å². The summed E-state index contributed by atoms with van der Waals surface area (Å²) in [4.78, 5) is 3.71. The Morgan fingerprint density at radius 3 is 2.30 bits per heavy atom. The molecule has 1 aromatic carbocycles. The number of hydrogen-bond donors (Lipinski definition) is 1. The standard InChI is InChI=1S/C18H20F3NO4S/c1-17(2,23)9-10-26-16-13(5-4-6-15(16)27(3,24)25)14-8-7-12(11-22-14)18(19,20)21/h4-8,11,23H,9-10H2,1-3H3. The summed E-state index contributed by atoms with van der Waals surface area (Å²) in [6.45, 7) is 3.18. The zero-order valence-corrected chi connectivity index (χ0v) is 15.9. The van der Waals surface area contributed by atoms with Gasteiger partial charge in [-0.15, -0.1) is 0 Å². The molecule has 0 saturated heterocycles. The van der Waals surface area contributed by atoms with Crippen LogP contribution in [0.1, 0.15) is 25.8 Å². The van der Waals surface area contributed by atoms with Crippen LogP contribution in [0.15, 0.2) is 41.4 Å². The molecule has 1 aromatic heterocycles. The number of rotatable bonds is 6. The van der Waals surface area contributed by atoms with Crippen molar-refractivity contribution in [2.24, 2.45) is 0 Å². The lowest BCUT2D eigenvalue weighted by Gasteiger charge is -2.19. The highest BCUT2D eigenvalue weighted by Crippen LogP contribution is 2.36. The third kappa shape index (κ3) is 5.67. The minimum absolute atomic E-state index is 0.00323. The van der Waals surface area contributed by atoms with Gasteiger partial charge < -0.3 is 9.84 Å². The topological polar surface area (TPSA) is 76.5 Å². The molecule has 0 saturated carbocycles. The second-order valence-electron chi connectivity index (χ2n) is 6.75. The minimum atomic E-state index is -4.52. The molecule has 1 N–H and O–H groups in total. The van der Waals surface area contributed by atoms with Crippen molar-refractivity contribution in [3.05, 3.63) is 42.1 Å². The Labute approximate surface area is 155 Å². The van der Waals surface area contributed by atoms with Crippen LogP contribution in [0.4, 0.5) is 13.2 Å². The molecule has 1 heterocycles. The average Bonchev–Trinajstić information content (AvgIpc) is 2.52. The Morgan fingerprint density at radius 2 is 1.81 bits per heavy atom. The van der Waals surface area contributed by atoms with Gasteiger partial charge in [-0.2, -0.15) is 13.2 Å². The molecule has 0 radical (unpaired) electrons. The molecular weight excluding hydrogens is 383 g/mol. The SMILES string of the molecule is CC(C)(O)CCOc1c(-c2ccc(C(F)(F)F)cn2)cccc1S(C)(=O)=O. The zero-order chi connectivity index (χ0) is 20.5. The Hall–Kier alpha value is -2.13. The van der Waals surface area contributed by atoms with E-state index in [1.165, 1.54) is 18.2 Å². The second kappa shape index (κ2) is 7.47. The molecule has 0 bridgehead atoms. The minimum Gasteiger partial charge on any atom is -0.491 e. The highest BCUT2D eigenvalue weighted by Gasteiger charge is 2.31. The maximum atomic E-state index is 12.7. The number of aliphatic hydroxyl groups is 1. The van der Waals surface area contributed by atoms with Gasteiger partial charge in [0.1, 0.15) is 10.6 Å². The molecule has 0 amide bonds. The number of pyridine rings is 1. The molecule has 0 aliphatic carbocycles. The Kier molecular flexibility index (Phi) is 5.86. The number of alkyl halides is 3. The number of halogens is 3. The summed E-state index contributed by atoms with van der Waals surface area (Å²) in [6.07, 6.45) is -2.60. The van der Waals surface area contributed by atoms with E-state index in [1.54, 1.807) is 13.8 Å². The van der Waals surface area contributed by atoms with E-state index in [2.05, 4.69) is 4.98 Å². The normalized spacial score (nSPS) is 12.9. The fourth-order valence-electron chi connectivity index (χ4n) is 2.28. The van der Waals surface area contributed by atoms with Crippen LogP contribution in [0.5, 0.6) is 5.75 Å². The highest BCUT2D eigenvalue weighted by molar-refractivity contribution is 7.90. The zero-order valence-electron chi connectivity index (χ0n) is 15.0. The van der Waals surface area contributed by atoms with Gasteiger partial charge in [-0.3, -0.25) is 4.98 Å². The molecule has 5 nitrogen and oxygen atoms in total. The molecule has 0 unspecified atom stereocenters. The third-order valence-electron chi connectivity index (χ3n) is 3.71. The fraction of sp³-hybridized carbons (Fsp3) is 0.389. The molecule has 0 aliphatic heterocycles. The summed E-state index contributed by atoms with van der Waals surface area (Å²) in [5, 5.41) is 9.80. The van der Waals surface area contributed by atoms with E-state index in [4.69, 9.17) is 4.74 Å². The lowest BCUT2D eigenvalue weighted by Crippen LogP contribution is -2.22. The van der Waals surface area contributed by atoms with Crippen molar-refractivity contribution >= 4 is 9.84 Å². The van der Waals surface area contributed by atoms with Crippen molar-refractivity contribution < 1.29 is 31.4 Å². The maximum Gasteiger partial charge on any atom is 0.417 e. The summed E-state index contributed by atoms with van der Waals surface area (Å²) in [6, 6.07) is 6.36. The van der Waals surface area contributed by atoms with Crippen molar-refractivity contribution in [1.29, 1.82) is 0 Å². The van der Waals surface area contributed by atoms with Crippen molar-refractivity contribution in [3.63, 3.8) is 0 Å². The van der Waals surface area contributed by atoms with E-state index in [1.807, 2.05) is 0 Å². The van der Waals surface area contributed by atoms with Crippen LogP contribution < -0.4 is 4.74 Å². The molecule has 0 aliphatic rings. The van der Waals surface area contributed by atoms with E-state index in [0.717, 1.165) is 18.4 Å². The number of benzene rings is 1. The highest BCUT2D eigenvalue weighted by atomic mass is 32.2. The van der Waals surface area contributed by atoms with Gasteiger partial charge in [-0.1, -0.05) is 6.07 Å². The summed E-state index contributed by atoms with van der Waals surface area (Å²) in [5.74, 6) is -0.00323. The van der Waals surface area contributed by atoms with Gasteiger partial charge >= 0.3 is 6.18 Å². The summed E-state index contributed by atoms with van der Waals surface area (Å²) in [5.41, 5.74) is -1.53. The van der Waals surface area contributed by atoms with E-state index < -0.39 is 27.2 Å². The van der Waals surface area contributed by atoms with Gasteiger partial charge in [0.05, 0.1) is 23.5 Å². The first-order valence-electron chi connectivity index (χ1n) is 8.01. The molecule has 148 valence electrons. The quantitative estimate of drug-likeness (QED) is 0.796. The number of ether oxygens (including phenoxy) is 1. The van der Waals surface area contributed by atoms with Crippen molar-refractivity contribution in [3.8, 4) is 17.0 Å². The third-order valence-corrected chi connectivity index (χ3v) is 4.83. The van der Waals surface area contributed by atoms with E-state index >= 15 is 0 Å². The molecule has 0 atom stereocenters. The lowest BCUT2D eigenvalue weighted by molar-refractivity contribution is -0.137. The van der Waals surface area contributed by atoms with Crippen LogP contribution >= 0.6 is 0 Å². The molecular formula is C18H20F3NO4S. The van der Waals surface area contributed by atoms with Gasteiger partial charge in [-0.25, -0.2) is 8.42 Å². The number of sulfone groups is 1. The fourth-order valence-corrected chi connectivity index (χ4v) is 3.11. The van der Waals surface area contributed by atoms with Gasteiger partial charge in [-0.05, 0) is 38.1 Å². The largest absolute Gasteiger partial charge is 0.491 e. The van der Waals surface area contributed by atoms with Gasteiger partial charge in [0.15, 0.2) is 9.84 Å². The van der Waals surface area contributed by atoms with Gasteiger partial charge in [0.25, 0.3) is 0 Å². The van der Waals surface area contributed by atoms with Crippen LogP contribution in [0.2, 0.25) is 0 Å². The predicted octanol–water partition coefficient (Wildman–Crippen LogP) is 3.71. The molecule has 9 heteroatoms. The molecule has 0 spiro atoms. The first kappa shape index (κ1) is 21.2. The number of aromatic nitrogens is 1. The van der Waals surface area contributed by atoms with E-state index in [9.17, 15) is 26.7 Å². The number of nitrogens with zero attached hydrogens (tertiary/aromatic N) is 1. The Morgan fingerprint density at radius 1 is 1.15 bits per heavy atom. The first-order chi connectivity index (χ1) is 12.3. The first-order valence-corrected chi connectivity index (χ1v) is 9.90. The molecule has 0 fully saturated rings. The van der Waals surface area contributed by atoms with Crippen molar-refractivity contribution in [2.75, 3.05) is 12.9 Å². The molecule has 2 aromatic rings. The van der Waals surface area contributed by atoms with Crippen LogP contribution in [-0.4, -0.2) is 37.0 Å². The number of hydrogen-bond acceptors (Lipinski definition) is 5. The summed E-state index contributed by atoms with van der Waals surface area (Å²) in [7, 11) is -3.66. The predicted molar refractivity (Wildman–Crippen MR) is 94.2 cm³/mol. The van der Waals surface area contributed by atoms with Crippen LogP contribution in [-0.2, 0) is 16.0 Å². The average molecular weight is 403 g/mol. The van der Waals surface area contributed by atoms with Crippen LogP contribution in [0, 0.1) is 0 Å². The van der Waals surface area contributed by atoms with Gasteiger partial charge in [0.2, 0.25) is 0 Å². The summed E-state index contributed by atoms with van der Waals surface area (Å²) < 4.78 is 68.0. The maximum absolute atomic E-state index is 12.7. The van der Waals surface area contributed by atoms with E-state index in [-0.39, 0.29) is 34.9 Å². The molecule has 2 rings (SSSR count). The lowest BCUT2D eigenvalue weighted by atomic mass is 10.1. The van der Waals surface area contributed by atoms with Crippen LogP contribution in [0.3, 0.4) is 0 Å². The number of para-hydroxylation sites is 1. The molecule has 27 heavy (non-hydrogen) atoms. The van der Waals surface area contributed by atoms with Crippen LogP contribution in [0.25, 0.3) is 11.3 Å². The Balaban J connectivity index is 2.49. The van der Waals surface area contributed by atoms with Crippen molar-refractivity contribution in [2.45, 2.75) is 36.9 Å². The van der Waals surface area contributed by atoms with Gasteiger partial charge in [0, 0.05) is 24.4 Å². The second-order valence-corrected chi connectivity index (χ2v) is 8.73.